The number of anilines is 2. The molecular weight excluding hydrogens is 466 g/mol. The third-order valence-electron chi connectivity index (χ3n) is 7.88. The molecular formula is C29H27N5O3. The molecule has 2 atom stereocenters. The summed E-state index contributed by atoms with van der Waals surface area (Å²) in [6, 6.07) is 16.3. The number of carbonyl (C=O) groups is 1. The lowest BCUT2D eigenvalue weighted by Gasteiger charge is -2.27. The van der Waals surface area contributed by atoms with Crippen LogP contribution in [0.4, 0.5) is 11.5 Å². The average molecular weight is 494 g/mol. The van der Waals surface area contributed by atoms with E-state index in [-0.39, 0.29) is 11.8 Å². The van der Waals surface area contributed by atoms with Gasteiger partial charge in [-0.25, -0.2) is 4.98 Å². The van der Waals surface area contributed by atoms with Gasteiger partial charge in [0.15, 0.2) is 0 Å². The SMILES string of the molecule is COc1ccc2c(c1)[C@]1(C[C@H]1c1ccc3c(/C=C/c4ccc(N5CCOCC5)nc4)n[nH]c3c1)C(=O)N2. The van der Waals surface area contributed by atoms with Crippen molar-refractivity contribution in [3.63, 3.8) is 0 Å². The number of fused-ring (bicyclic) bond motifs is 3. The number of morpholine rings is 1. The minimum absolute atomic E-state index is 0.0716. The fourth-order valence-electron chi connectivity index (χ4n) is 5.75. The first kappa shape index (κ1) is 22.1. The summed E-state index contributed by atoms with van der Waals surface area (Å²) >= 11 is 0. The Hall–Kier alpha value is -4.17. The highest BCUT2D eigenvalue weighted by atomic mass is 16.5. The minimum atomic E-state index is -0.513. The number of amides is 1. The van der Waals surface area contributed by atoms with Crippen LogP contribution in [0.5, 0.6) is 5.75 Å². The van der Waals surface area contributed by atoms with Gasteiger partial charge < -0.3 is 19.7 Å². The normalized spacial score (nSPS) is 22.6. The van der Waals surface area contributed by atoms with Gasteiger partial charge in [-0.1, -0.05) is 18.2 Å². The number of hydrogen-bond acceptors (Lipinski definition) is 6. The van der Waals surface area contributed by atoms with Crippen molar-refractivity contribution < 1.29 is 14.3 Å². The topological polar surface area (TPSA) is 92.4 Å². The molecule has 2 aromatic heterocycles. The van der Waals surface area contributed by atoms with Crippen LogP contribution in [0.15, 0.2) is 54.7 Å². The van der Waals surface area contributed by atoms with E-state index in [0.717, 1.165) is 83.3 Å². The summed E-state index contributed by atoms with van der Waals surface area (Å²) in [7, 11) is 1.65. The zero-order valence-electron chi connectivity index (χ0n) is 20.5. The van der Waals surface area contributed by atoms with E-state index < -0.39 is 5.41 Å². The number of H-pyrrole nitrogens is 1. The average Bonchev–Trinajstić information content (AvgIpc) is 3.49. The molecule has 1 aliphatic carbocycles. The molecule has 1 saturated heterocycles. The fourth-order valence-corrected chi connectivity index (χ4v) is 5.75. The maximum absolute atomic E-state index is 13.0. The molecule has 2 fully saturated rings. The van der Waals surface area contributed by atoms with Crippen molar-refractivity contribution in [2.75, 3.05) is 43.6 Å². The van der Waals surface area contributed by atoms with Crippen molar-refractivity contribution in [2.24, 2.45) is 0 Å². The molecule has 2 aromatic carbocycles. The van der Waals surface area contributed by atoms with Gasteiger partial charge in [-0.15, -0.1) is 0 Å². The highest BCUT2D eigenvalue weighted by Gasteiger charge is 2.65. The van der Waals surface area contributed by atoms with Gasteiger partial charge in [0.05, 0.1) is 36.9 Å². The summed E-state index contributed by atoms with van der Waals surface area (Å²) in [5.41, 5.74) is 5.40. The maximum Gasteiger partial charge on any atom is 0.235 e. The highest BCUT2D eigenvalue weighted by Crippen LogP contribution is 2.65. The molecule has 4 aromatic rings. The van der Waals surface area contributed by atoms with Crippen molar-refractivity contribution in [3.05, 3.63) is 77.1 Å². The van der Waals surface area contributed by atoms with E-state index in [2.05, 4.69) is 55.7 Å². The summed E-state index contributed by atoms with van der Waals surface area (Å²) in [5.74, 6) is 1.95. The summed E-state index contributed by atoms with van der Waals surface area (Å²) in [5, 5.41) is 11.8. The number of rotatable bonds is 5. The van der Waals surface area contributed by atoms with E-state index in [9.17, 15) is 4.79 Å². The summed E-state index contributed by atoms with van der Waals surface area (Å²) < 4.78 is 10.8. The van der Waals surface area contributed by atoms with Crippen molar-refractivity contribution in [2.45, 2.75) is 17.8 Å². The number of aromatic amines is 1. The predicted molar refractivity (Wildman–Crippen MR) is 143 cm³/mol. The lowest BCUT2D eigenvalue weighted by Crippen LogP contribution is -2.36. The lowest BCUT2D eigenvalue weighted by molar-refractivity contribution is -0.118. The molecule has 3 aliphatic rings. The van der Waals surface area contributed by atoms with Crippen LogP contribution in [-0.2, 0) is 14.9 Å². The van der Waals surface area contributed by atoms with Gasteiger partial charge >= 0.3 is 0 Å². The van der Waals surface area contributed by atoms with Crippen LogP contribution in [0.25, 0.3) is 23.1 Å². The number of hydrogen-bond donors (Lipinski definition) is 2. The number of benzene rings is 2. The van der Waals surface area contributed by atoms with E-state index in [1.54, 1.807) is 7.11 Å². The molecule has 0 radical (unpaired) electrons. The Morgan fingerprint density at radius 1 is 1.11 bits per heavy atom. The smallest absolute Gasteiger partial charge is 0.235 e. The minimum Gasteiger partial charge on any atom is -0.497 e. The monoisotopic (exact) mass is 493 g/mol. The molecule has 1 spiro atoms. The summed E-state index contributed by atoms with van der Waals surface area (Å²) in [6.45, 7) is 3.23. The van der Waals surface area contributed by atoms with Crippen molar-refractivity contribution in [3.8, 4) is 5.75 Å². The van der Waals surface area contributed by atoms with Crippen LogP contribution in [0.2, 0.25) is 0 Å². The van der Waals surface area contributed by atoms with Crippen molar-refractivity contribution in [1.29, 1.82) is 0 Å². The quantitative estimate of drug-likeness (QED) is 0.430. The number of methoxy groups -OCH3 is 1. The standard InChI is InChI=1S/C29H27N5O3/c1-36-20-5-8-25-22(15-20)29(28(35)31-25)16-23(29)19-4-6-21-24(32-33-26(21)14-19)7-2-18-3-9-27(30-17-18)34-10-12-37-13-11-34/h2-9,14-15,17,23H,10-13,16H2,1H3,(H,31,35)(H,32,33)/b7-2+/t23-,29-/m0/s1. The Kier molecular flexibility index (Phi) is 5.04. The second-order valence-electron chi connectivity index (χ2n) is 9.89. The Morgan fingerprint density at radius 3 is 2.81 bits per heavy atom. The number of nitrogens with zero attached hydrogens (tertiary/aromatic N) is 3. The van der Waals surface area contributed by atoms with E-state index >= 15 is 0 Å². The Balaban J connectivity index is 1.11. The molecule has 0 bridgehead atoms. The number of ether oxygens (including phenoxy) is 2. The molecule has 7 rings (SSSR count). The molecule has 8 nitrogen and oxygen atoms in total. The van der Waals surface area contributed by atoms with Gasteiger partial charge in [0, 0.05) is 36.3 Å². The van der Waals surface area contributed by atoms with Gasteiger partial charge in [-0.05, 0) is 65.6 Å². The third-order valence-corrected chi connectivity index (χ3v) is 7.88. The van der Waals surface area contributed by atoms with Gasteiger partial charge in [-0.3, -0.25) is 9.89 Å². The van der Waals surface area contributed by atoms with Gasteiger partial charge in [0.25, 0.3) is 0 Å². The van der Waals surface area contributed by atoms with Gasteiger partial charge in [0.2, 0.25) is 5.91 Å². The molecule has 186 valence electrons. The second-order valence-corrected chi connectivity index (χ2v) is 9.89. The van der Waals surface area contributed by atoms with E-state index in [1.165, 1.54) is 0 Å². The van der Waals surface area contributed by atoms with Crippen LogP contribution in [0, 0.1) is 0 Å². The van der Waals surface area contributed by atoms with Crippen LogP contribution in [0.1, 0.15) is 34.7 Å². The number of pyridine rings is 1. The largest absolute Gasteiger partial charge is 0.497 e. The molecule has 4 heterocycles. The summed E-state index contributed by atoms with van der Waals surface area (Å²) in [4.78, 5) is 19.9. The summed E-state index contributed by atoms with van der Waals surface area (Å²) in [6.07, 6.45) is 6.72. The van der Waals surface area contributed by atoms with E-state index in [4.69, 9.17) is 9.47 Å². The van der Waals surface area contributed by atoms with Crippen molar-refractivity contribution >= 4 is 40.5 Å². The Bertz CT molecular complexity index is 1540. The Labute approximate surface area is 214 Å². The molecule has 1 saturated carbocycles. The van der Waals surface area contributed by atoms with Gasteiger partial charge in [0.1, 0.15) is 11.6 Å². The fraction of sp³-hybridized carbons (Fsp3) is 0.276. The first-order valence-corrected chi connectivity index (χ1v) is 12.6. The van der Waals surface area contributed by atoms with Crippen LogP contribution < -0.4 is 15.0 Å². The van der Waals surface area contributed by atoms with Crippen LogP contribution >= 0.6 is 0 Å². The molecule has 2 N–H and O–H groups in total. The number of aromatic nitrogens is 3. The van der Waals surface area contributed by atoms with E-state index in [1.807, 2.05) is 36.5 Å². The lowest BCUT2D eigenvalue weighted by atomic mass is 9.91. The van der Waals surface area contributed by atoms with E-state index in [0.29, 0.717) is 0 Å². The second kappa shape index (κ2) is 8.45. The number of nitrogens with one attached hydrogen (secondary N) is 2. The van der Waals surface area contributed by atoms with Crippen LogP contribution in [0.3, 0.4) is 0 Å². The van der Waals surface area contributed by atoms with Gasteiger partial charge in [-0.2, -0.15) is 5.10 Å². The molecule has 37 heavy (non-hydrogen) atoms. The maximum atomic E-state index is 13.0. The molecule has 2 aliphatic heterocycles. The molecule has 1 amide bonds. The first-order valence-electron chi connectivity index (χ1n) is 12.6. The Morgan fingerprint density at radius 2 is 2.00 bits per heavy atom. The highest BCUT2D eigenvalue weighted by molar-refractivity contribution is 6.10. The first-order chi connectivity index (χ1) is 18.2. The third kappa shape index (κ3) is 3.59. The zero-order valence-corrected chi connectivity index (χ0v) is 20.5. The van der Waals surface area contributed by atoms with Crippen molar-refractivity contribution in [1.82, 2.24) is 15.2 Å². The predicted octanol–water partition coefficient (Wildman–Crippen LogP) is 4.35. The molecule has 8 heteroatoms. The molecule has 0 unspecified atom stereocenters. The number of carbonyl (C=O) groups excluding carboxylic acids is 1. The van der Waals surface area contributed by atoms with Crippen LogP contribution in [-0.4, -0.2) is 54.5 Å². The zero-order chi connectivity index (χ0) is 25.0.